The minimum absolute atomic E-state index is 0. The maximum absolute atomic E-state index is 13.2. The van der Waals surface area contributed by atoms with E-state index < -0.39 is 5.60 Å². The van der Waals surface area contributed by atoms with E-state index in [0.29, 0.717) is 31.5 Å². The number of nitrogens with one attached hydrogen (secondary N) is 2. The molecule has 1 aliphatic heterocycles. The molecule has 0 aliphatic carbocycles. The molecule has 0 spiro atoms. The molecule has 0 saturated carbocycles. The Kier molecular flexibility index (Phi) is 9.98. The molecule has 0 unspecified atom stereocenters. The Bertz CT molecular complexity index is 656. The van der Waals surface area contributed by atoms with Crippen molar-refractivity contribution in [2.24, 2.45) is 10.9 Å². The van der Waals surface area contributed by atoms with Crippen LogP contribution in [0.1, 0.15) is 39.2 Å². The van der Waals surface area contributed by atoms with Crippen LogP contribution in [0.4, 0.5) is 9.18 Å². The van der Waals surface area contributed by atoms with Gasteiger partial charge in [-0.3, -0.25) is 4.99 Å². The number of halogens is 2. The first-order valence-corrected chi connectivity index (χ1v) is 9.44. The summed E-state index contributed by atoms with van der Waals surface area (Å²) in [5.41, 5.74) is 0.401. The molecule has 2 N–H and O–H groups in total. The summed E-state index contributed by atoms with van der Waals surface area (Å²) in [7, 11) is 1.71. The molecule has 1 fully saturated rings. The number of nitrogens with zero attached hydrogens (tertiary/aromatic N) is 2. The molecule has 0 bridgehead atoms. The van der Waals surface area contributed by atoms with Crippen LogP contribution in [0.3, 0.4) is 0 Å². The first-order valence-electron chi connectivity index (χ1n) is 9.44. The highest BCUT2D eigenvalue weighted by Crippen LogP contribution is 2.19. The number of ether oxygens (including phenoxy) is 1. The van der Waals surface area contributed by atoms with Crippen LogP contribution in [-0.2, 0) is 11.3 Å². The van der Waals surface area contributed by atoms with E-state index in [2.05, 4.69) is 15.6 Å². The van der Waals surface area contributed by atoms with E-state index in [0.717, 1.165) is 24.9 Å². The van der Waals surface area contributed by atoms with Gasteiger partial charge in [0.15, 0.2) is 5.96 Å². The van der Waals surface area contributed by atoms with Crippen molar-refractivity contribution in [2.45, 2.75) is 45.8 Å². The molecule has 2 rings (SSSR count). The quantitative estimate of drug-likeness (QED) is 0.371. The zero-order valence-corrected chi connectivity index (χ0v) is 19.5. The number of amides is 1. The summed E-state index contributed by atoms with van der Waals surface area (Å²) in [5, 5.41) is 6.51. The van der Waals surface area contributed by atoms with Crippen LogP contribution in [0.5, 0.6) is 0 Å². The Hall–Kier alpha value is -1.58. The fraction of sp³-hybridized carbons (Fsp3) is 0.600. The van der Waals surface area contributed by atoms with Gasteiger partial charge in [-0.15, -0.1) is 24.0 Å². The van der Waals surface area contributed by atoms with E-state index >= 15 is 0 Å². The fourth-order valence-corrected chi connectivity index (χ4v) is 2.94. The lowest BCUT2D eigenvalue weighted by Crippen LogP contribution is -2.45. The SMILES string of the molecule is CN=C(NCc1cccc(F)c1)NCC1CCN(C(=O)OC(C)(C)C)CC1.I. The van der Waals surface area contributed by atoms with Crippen LogP contribution < -0.4 is 10.6 Å². The van der Waals surface area contributed by atoms with Crippen LogP contribution in [0.2, 0.25) is 0 Å². The van der Waals surface area contributed by atoms with Crippen molar-refractivity contribution in [1.82, 2.24) is 15.5 Å². The summed E-state index contributed by atoms with van der Waals surface area (Å²) in [4.78, 5) is 18.1. The third kappa shape index (κ3) is 8.62. The summed E-state index contributed by atoms with van der Waals surface area (Å²) < 4.78 is 18.7. The first kappa shape index (κ1) is 24.5. The highest BCUT2D eigenvalue weighted by Gasteiger charge is 2.26. The summed E-state index contributed by atoms with van der Waals surface area (Å²) in [6.07, 6.45) is 1.61. The van der Waals surface area contributed by atoms with Gasteiger partial charge in [-0.05, 0) is 57.2 Å². The average Bonchev–Trinajstić information content (AvgIpc) is 2.61. The Morgan fingerprint density at radius 1 is 1.29 bits per heavy atom. The van der Waals surface area contributed by atoms with E-state index in [1.165, 1.54) is 12.1 Å². The van der Waals surface area contributed by atoms with Crippen molar-refractivity contribution in [3.63, 3.8) is 0 Å². The lowest BCUT2D eigenvalue weighted by atomic mass is 9.97. The zero-order chi connectivity index (χ0) is 19.9. The molecule has 28 heavy (non-hydrogen) atoms. The van der Waals surface area contributed by atoms with Gasteiger partial charge in [-0.2, -0.15) is 0 Å². The van der Waals surface area contributed by atoms with Crippen molar-refractivity contribution < 1.29 is 13.9 Å². The van der Waals surface area contributed by atoms with Crippen LogP contribution in [0.15, 0.2) is 29.3 Å². The van der Waals surface area contributed by atoms with Crippen molar-refractivity contribution in [3.8, 4) is 0 Å². The lowest BCUT2D eigenvalue weighted by Gasteiger charge is -2.33. The Morgan fingerprint density at radius 2 is 1.96 bits per heavy atom. The van der Waals surface area contributed by atoms with Gasteiger partial charge >= 0.3 is 6.09 Å². The van der Waals surface area contributed by atoms with Gasteiger partial charge < -0.3 is 20.3 Å². The van der Waals surface area contributed by atoms with Gasteiger partial charge in [0.2, 0.25) is 0 Å². The first-order chi connectivity index (χ1) is 12.8. The van der Waals surface area contributed by atoms with E-state index in [1.807, 2.05) is 26.8 Å². The molecule has 1 aromatic rings. The molecule has 0 aromatic heterocycles. The largest absolute Gasteiger partial charge is 0.444 e. The third-order valence-electron chi connectivity index (χ3n) is 4.40. The van der Waals surface area contributed by atoms with Gasteiger partial charge in [-0.25, -0.2) is 9.18 Å². The Morgan fingerprint density at radius 3 is 2.54 bits per heavy atom. The fourth-order valence-electron chi connectivity index (χ4n) is 2.94. The summed E-state index contributed by atoms with van der Waals surface area (Å²) >= 11 is 0. The number of aliphatic imine (C=N–C) groups is 1. The Balaban J connectivity index is 0.00000392. The lowest BCUT2D eigenvalue weighted by molar-refractivity contribution is 0.0185. The number of carbonyl (C=O) groups is 1. The van der Waals surface area contributed by atoms with Crippen molar-refractivity contribution >= 4 is 36.0 Å². The van der Waals surface area contributed by atoms with Gasteiger partial charge in [0, 0.05) is 33.2 Å². The third-order valence-corrected chi connectivity index (χ3v) is 4.40. The highest BCUT2D eigenvalue weighted by molar-refractivity contribution is 14.0. The van der Waals surface area contributed by atoms with Crippen LogP contribution in [0, 0.1) is 11.7 Å². The predicted octanol–water partition coefficient (Wildman–Crippen LogP) is 3.76. The maximum Gasteiger partial charge on any atom is 0.410 e. The number of hydrogen-bond donors (Lipinski definition) is 2. The predicted molar refractivity (Wildman–Crippen MR) is 121 cm³/mol. The molecule has 0 atom stereocenters. The van der Waals surface area contributed by atoms with Crippen LogP contribution in [0.25, 0.3) is 0 Å². The van der Waals surface area contributed by atoms with Crippen LogP contribution in [-0.4, -0.2) is 49.2 Å². The molecule has 0 radical (unpaired) electrons. The van der Waals surface area contributed by atoms with Gasteiger partial charge in [0.1, 0.15) is 11.4 Å². The second-order valence-electron chi connectivity index (χ2n) is 7.85. The molecule has 1 amide bonds. The molecule has 6 nitrogen and oxygen atoms in total. The monoisotopic (exact) mass is 506 g/mol. The minimum Gasteiger partial charge on any atom is -0.444 e. The van der Waals surface area contributed by atoms with E-state index in [9.17, 15) is 9.18 Å². The molecular formula is C20H32FIN4O2. The molecule has 8 heteroatoms. The van der Waals surface area contributed by atoms with E-state index in [-0.39, 0.29) is 35.9 Å². The summed E-state index contributed by atoms with van der Waals surface area (Å²) in [6, 6.07) is 6.50. The minimum atomic E-state index is -0.463. The number of likely N-dealkylation sites (tertiary alicyclic amines) is 1. The standard InChI is InChI=1S/C20H31FN4O2.HI/c1-20(2,3)27-19(26)25-10-8-15(9-11-25)13-23-18(22-4)24-14-16-6-5-7-17(21)12-16;/h5-7,12,15H,8-11,13-14H2,1-4H3,(H2,22,23,24);1H. The molecule has 1 saturated heterocycles. The van der Waals surface area contributed by atoms with Gasteiger partial charge in [0.05, 0.1) is 0 Å². The smallest absolute Gasteiger partial charge is 0.410 e. The van der Waals surface area contributed by atoms with Gasteiger partial charge in [-0.1, -0.05) is 12.1 Å². The van der Waals surface area contributed by atoms with Crippen molar-refractivity contribution in [3.05, 3.63) is 35.6 Å². The molecular weight excluding hydrogens is 474 g/mol. The number of rotatable bonds is 4. The maximum atomic E-state index is 13.2. The number of benzene rings is 1. The molecule has 1 heterocycles. The highest BCUT2D eigenvalue weighted by atomic mass is 127. The topological polar surface area (TPSA) is 66.0 Å². The Labute approximate surface area is 184 Å². The summed E-state index contributed by atoms with van der Waals surface area (Å²) in [5.74, 6) is 0.916. The second-order valence-corrected chi connectivity index (χ2v) is 7.85. The van der Waals surface area contributed by atoms with E-state index in [4.69, 9.17) is 4.74 Å². The molecule has 1 aromatic carbocycles. The molecule has 158 valence electrons. The second kappa shape index (κ2) is 11.4. The number of hydrogen-bond acceptors (Lipinski definition) is 3. The summed E-state index contributed by atoms with van der Waals surface area (Å²) in [6.45, 7) is 8.34. The number of piperidine rings is 1. The van der Waals surface area contributed by atoms with Crippen molar-refractivity contribution in [2.75, 3.05) is 26.7 Å². The van der Waals surface area contributed by atoms with E-state index in [1.54, 1.807) is 18.0 Å². The zero-order valence-electron chi connectivity index (χ0n) is 17.1. The van der Waals surface area contributed by atoms with Crippen molar-refractivity contribution in [1.29, 1.82) is 0 Å². The number of guanidine groups is 1. The van der Waals surface area contributed by atoms with Gasteiger partial charge in [0.25, 0.3) is 0 Å². The normalized spacial score (nSPS) is 15.6. The number of carbonyl (C=O) groups excluding carboxylic acids is 1. The molecule has 1 aliphatic rings. The van der Waals surface area contributed by atoms with Crippen LogP contribution >= 0.6 is 24.0 Å². The average molecular weight is 506 g/mol.